The summed E-state index contributed by atoms with van der Waals surface area (Å²) in [4.78, 5) is 11.1. The predicted molar refractivity (Wildman–Crippen MR) is 127 cm³/mol. The quantitative estimate of drug-likeness (QED) is 0.264. The molecule has 0 aliphatic heterocycles. The Morgan fingerprint density at radius 1 is 0.969 bits per heavy atom. The van der Waals surface area contributed by atoms with Gasteiger partial charge in [-0.2, -0.15) is 5.26 Å². The molecular weight excluding hydrogens is 422 g/mol. The molecule has 0 saturated carbocycles. The maximum absolute atomic E-state index is 11.1. The fourth-order valence-corrected chi connectivity index (χ4v) is 3.69. The Labute approximate surface area is 190 Å². The van der Waals surface area contributed by atoms with Crippen molar-refractivity contribution in [1.29, 1.82) is 5.26 Å². The Hall–Kier alpha value is -4.07. The first-order chi connectivity index (χ1) is 15.6. The first-order valence-electron chi connectivity index (χ1n) is 9.90. The van der Waals surface area contributed by atoms with Crippen molar-refractivity contribution in [3.8, 4) is 11.8 Å². The monoisotopic (exact) mass is 439 g/mol. The van der Waals surface area contributed by atoms with Crippen molar-refractivity contribution >= 4 is 40.0 Å². The standard InChI is InChI=1S/C27H18ClNO3/c28-25-8-4-3-7-23(25)21(16-29)15-24-22-6-2-1-5-19(22)13-14-26(24)32-17-18-9-11-20(12-10-18)27(30)31/h1-15H,17H2,(H,30,31). The number of hydrogen-bond acceptors (Lipinski definition) is 3. The van der Waals surface area contributed by atoms with Gasteiger partial charge in [-0.1, -0.05) is 72.3 Å². The van der Waals surface area contributed by atoms with Crippen LogP contribution in [-0.2, 0) is 6.61 Å². The average Bonchev–Trinajstić information content (AvgIpc) is 2.82. The Kier molecular flexibility index (Phi) is 6.21. The molecular formula is C27H18ClNO3. The van der Waals surface area contributed by atoms with Crippen LogP contribution < -0.4 is 4.74 Å². The van der Waals surface area contributed by atoms with Gasteiger partial charge in [-0.3, -0.25) is 0 Å². The topological polar surface area (TPSA) is 70.3 Å². The molecule has 0 fully saturated rings. The van der Waals surface area contributed by atoms with Crippen LogP contribution in [0.5, 0.6) is 5.75 Å². The van der Waals surface area contributed by atoms with Crippen molar-refractivity contribution in [1.82, 2.24) is 0 Å². The molecule has 0 spiro atoms. The molecule has 0 bridgehead atoms. The lowest BCUT2D eigenvalue weighted by Crippen LogP contribution is -2.00. The van der Waals surface area contributed by atoms with Crippen LogP contribution in [0.4, 0.5) is 0 Å². The summed E-state index contributed by atoms with van der Waals surface area (Å²) in [5, 5.41) is 21.4. The van der Waals surface area contributed by atoms with E-state index >= 15 is 0 Å². The highest BCUT2D eigenvalue weighted by Gasteiger charge is 2.12. The largest absolute Gasteiger partial charge is 0.488 e. The van der Waals surface area contributed by atoms with Gasteiger partial charge in [0.1, 0.15) is 12.4 Å². The van der Waals surface area contributed by atoms with Gasteiger partial charge in [-0.25, -0.2) is 4.79 Å². The minimum absolute atomic E-state index is 0.224. The highest BCUT2D eigenvalue weighted by Crippen LogP contribution is 2.33. The van der Waals surface area contributed by atoms with E-state index in [-0.39, 0.29) is 12.2 Å². The van der Waals surface area contributed by atoms with Crippen LogP contribution in [0.3, 0.4) is 0 Å². The summed E-state index contributed by atoms with van der Waals surface area (Å²) >= 11 is 6.33. The summed E-state index contributed by atoms with van der Waals surface area (Å²) in [6.07, 6.45) is 1.80. The number of carboxylic acids is 1. The van der Waals surface area contributed by atoms with Gasteiger partial charge in [-0.05, 0) is 46.7 Å². The number of fused-ring (bicyclic) bond motifs is 1. The Balaban J connectivity index is 1.75. The van der Waals surface area contributed by atoms with Crippen LogP contribution in [0.1, 0.15) is 27.0 Å². The lowest BCUT2D eigenvalue weighted by molar-refractivity contribution is 0.0697. The van der Waals surface area contributed by atoms with E-state index < -0.39 is 5.97 Å². The van der Waals surface area contributed by atoms with E-state index in [1.165, 1.54) is 0 Å². The van der Waals surface area contributed by atoms with Crippen molar-refractivity contribution in [3.63, 3.8) is 0 Å². The molecule has 1 N–H and O–H groups in total. The smallest absolute Gasteiger partial charge is 0.335 e. The van der Waals surface area contributed by atoms with Crippen molar-refractivity contribution in [3.05, 3.63) is 112 Å². The fraction of sp³-hybridized carbons (Fsp3) is 0.0370. The van der Waals surface area contributed by atoms with E-state index in [4.69, 9.17) is 21.4 Å². The third-order valence-electron chi connectivity index (χ3n) is 5.10. The van der Waals surface area contributed by atoms with Crippen LogP contribution in [0.15, 0.2) is 84.9 Å². The summed E-state index contributed by atoms with van der Waals surface area (Å²) in [5.74, 6) is -0.353. The SMILES string of the molecule is N#CC(=Cc1c(OCc2ccc(C(=O)O)cc2)ccc2ccccc12)c1ccccc1Cl. The number of halogens is 1. The van der Waals surface area contributed by atoms with Crippen molar-refractivity contribution < 1.29 is 14.6 Å². The minimum Gasteiger partial charge on any atom is -0.488 e. The summed E-state index contributed by atoms with van der Waals surface area (Å²) in [6.45, 7) is 0.257. The highest BCUT2D eigenvalue weighted by molar-refractivity contribution is 6.32. The molecule has 32 heavy (non-hydrogen) atoms. The molecule has 0 aliphatic carbocycles. The second-order valence-electron chi connectivity index (χ2n) is 7.14. The van der Waals surface area contributed by atoms with Crippen molar-refractivity contribution in [2.45, 2.75) is 6.61 Å². The summed E-state index contributed by atoms with van der Waals surface area (Å²) in [5.41, 5.74) is 2.93. The molecule has 4 nitrogen and oxygen atoms in total. The van der Waals surface area contributed by atoms with E-state index in [1.807, 2.05) is 54.6 Å². The van der Waals surface area contributed by atoms with Gasteiger partial charge in [0.25, 0.3) is 0 Å². The maximum Gasteiger partial charge on any atom is 0.335 e. The Bertz CT molecular complexity index is 1370. The highest BCUT2D eigenvalue weighted by atomic mass is 35.5. The number of carboxylic acid groups (broad SMARTS) is 1. The van der Waals surface area contributed by atoms with E-state index in [9.17, 15) is 10.1 Å². The Morgan fingerprint density at radius 2 is 1.69 bits per heavy atom. The molecule has 0 aromatic heterocycles. The lowest BCUT2D eigenvalue weighted by Gasteiger charge is -2.13. The molecule has 0 unspecified atom stereocenters. The van der Waals surface area contributed by atoms with Crippen molar-refractivity contribution in [2.75, 3.05) is 0 Å². The summed E-state index contributed by atoms with van der Waals surface area (Å²) in [6, 6.07) is 27.8. The third-order valence-corrected chi connectivity index (χ3v) is 5.43. The van der Waals surface area contributed by atoms with Crippen LogP contribution in [0.25, 0.3) is 22.4 Å². The number of hydrogen-bond donors (Lipinski definition) is 1. The lowest BCUT2D eigenvalue weighted by atomic mass is 9.98. The average molecular weight is 440 g/mol. The molecule has 5 heteroatoms. The van der Waals surface area contributed by atoms with Gasteiger partial charge in [0.15, 0.2) is 0 Å². The van der Waals surface area contributed by atoms with E-state index in [2.05, 4.69) is 6.07 Å². The number of allylic oxidation sites excluding steroid dienone is 1. The van der Waals surface area contributed by atoms with Crippen LogP contribution in [-0.4, -0.2) is 11.1 Å². The molecule has 0 saturated heterocycles. The molecule has 4 aromatic carbocycles. The minimum atomic E-state index is -0.969. The van der Waals surface area contributed by atoms with Gasteiger partial charge >= 0.3 is 5.97 Å². The molecule has 0 heterocycles. The van der Waals surface area contributed by atoms with Gasteiger partial charge in [0.2, 0.25) is 0 Å². The van der Waals surface area contributed by atoms with Crippen LogP contribution >= 0.6 is 11.6 Å². The number of aromatic carboxylic acids is 1. The number of nitrogens with zero attached hydrogens (tertiary/aromatic N) is 1. The zero-order chi connectivity index (χ0) is 22.5. The van der Waals surface area contributed by atoms with Gasteiger partial charge in [0.05, 0.1) is 17.2 Å². The molecule has 4 aromatic rings. The van der Waals surface area contributed by atoms with E-state index in [0.717, 1.165) is 21.9 Å². The number of nitriles is 1. The fourth-order valence-electron chi connectivity index (χ4n) is 3.45. The third kappa shape index (κ3) is 4.49. The van der Waals surface area contributed by atoms with Gasteiger partial charge in [-0.15, -0.1) is 0 Å². The predicted octanol–water partition coefficient (Wildman–Crippen LogP) is 6.83. The molecule has 0 atom stereocenters. The molecule has 0 radical (unpaired) electrons. The maximum atomic E-state index is 11.1. The number of carbonyl (C=O) groups is 1. The first kappa shape index (κ1) is 21.2. The van der Waals surface area contributed by atoms with Crippen molar-refractivity contribution in [2.24, 2.45) is 0 Å². The zero-order valence-electron chi connectivity index (χ0n) is 17.0. The molecule has 0 aliphatic rings. The number of ether oxygens (including phenoxy) is 1. The summed E-state index contributed by atoms with van der Waals surface area (Å²) < 4.78 is 6.11. The summed E-state index contributed by atoms with van der Waals surface area (Å²) in [7, 11) is 0. The zero-order valence-corrected chi connectivity index (χ0v) is 17.7. The van der Waals surface area contributed by atoms with E-state index in [1.54, 1.807) is 36.4 Å². The molecule has 0 amide bonds. The van der Waals surface area contributed by atoms with Crippen LogP contribution in [0.2, 0.25) is 5.02 Å². The van der Waals surface area contributed by atoms with E-state index in [0.29, 0.717) is 21.9 Å². The molecule has 4 rings (SSSR count). The van der Waals surface area contributed by atoms with Gasteiger partial charge in [0, 0.05) is 16.1 Å². The second-order valence-corrected chi connectivity index (χ2v) is 7.55. The normalized spacial score (nSPS) is 11.2. The van der Waals surface area contributed by atoms with Crippen LogP contribution in [0, 0.1) is 11.3 Å². The molecule has 156 valence electrons. The number of benzene rings is 4. The number of rotatable bonds is 6. The van der Waals surface area contributed by atoms with Gasteiger partial charge < -0.3 is 9.84 Å². The first-order valence-corrected chi connectivity index (χ1v) is 10.3. The second kappa shape index (κ2) is 9.38. The Morgan fingerprint density at radius 3 is 2.41 bits per heavy atom.